The van der Waals surface area contributed by atoms with Crippen LogP contribution in [0.4, 0.5) is 24.5 Å². The van der Waals surface area contributed by atoms with Crippen LogP contribution < -0.4 is 10.6 Å². The van der Waals surface area contributed by atoms with Crippen LogP contribution >= 0.6 is 11.8 Å². The van der Waals surface area contributed by atoms with E-state index in [4.69, 9.17) is 0 Å². The smallest absolute Gasteiger partial charge is 0.324 e. The maximum Gasteiger partial charge on any atom is 0.416 e. The van der Waals surface area contributed by atoms with Crippen molar-refractivity contribution >= 4 is 35.0 Å². The molecule has 3 rings (SSSR count). The standard InChI is InChI=1S/C17H13F3N2O2S/c1-16(15(24)22-12-7-2-3-8-13(12)25-16)14(23)21-11-6-4-5-10(9-11)17(18,19)20/h2-9H,1H3,(H,21,23)(H,22,24). The lowest BCUT2D eigenvalue weighted by atomic mass is 10.1. The third-order valence-electron chi connectivity index (χ3n) is 3.76. The molecule has 2 N–H and O–H groups in total. The summed E-state index contributed by atoms with van der Waals surface area (Å²) in [6.07, 6.45) is -4.51. The second-order valence-electron chi connectivity index (χ2n) is 5.62. The molecule has 1 aliphatic heterocycles. The van der Waals surface area contributed by atoms with Crippen LogP contribution in [-0.4, -0.2) is 16.6 Å². The molecule has 2 aromatic rings. The lowest BCUT2D eigenvalue weighted by molar-refractivity contribution is -0.137. The van der Waals surface area contributed by atoms with E-state index in [1.807, 2.05) is 0 Å². The average Bonchev–Trinajstić information content (AvgIpc) is 2.55. The van der Waals surface area contributed by atoms with Gasteiger partial charge in [0.25, 0.3) is 0 Å². The summed E-state index contributed by atoms with van der Waals surface area (Å²) in [5, 5.41) is 5.06. The third kappa shape index (κ3) is 3.34. The molecule has 1 unspecified atom stereocenters. The number of amides is 2. The van der Waals surface area contributed by atoms with Crippen molar-refractivity contribution in [2.45, 2.75) is 22.7 Å². The van der Waals surface area contributed by atoms with Crippen molar-refractivity contribution in [2.24, 2.45) is 0 Å². The first kappa shape index (κ1) is 17.3. The van der Waals surface area contributed by atoms with Gasteiger partial charge in [0.15, 0.2) is 4.75 Å². The summed E-state index contributed by atoms with van der Waals surface area (Å²) in [5.41, 5.74) is -0.295. The van der Waals surface area contributed by atoms with E-state index in [2.05, 4.69) is 10.6 Å². The van der Waals surface area contributed by atoms with Gasteiger partial charge in [0.2, 0.25) is 11.8 Å². The summed E-state index contributed by atoms with van der Waals surface area (Å²) >= 11 is 1.06. The number of hydrogen-bond acceptors (Lipinski definition) is 3. The Morgan fingerprint density at radius 2 is 1.88 bits per heavy atom. The molecule has 0 fully saturated rings. The zero-order valence-corrected chi connectivity index (χ0v) is 13.8. The summed E-state index contributed by atoms with van der Waals surface area (Å²) in [5.74, 6) is -1.22. The molecule has 0 saturated heterocycles. The fourth-order valence-electron chi connectivity index (χ4n) is 2.34. The van der Waals surface area contributed by atoms with Crippen LogP contribution in [0.25, 0.3) is 0 Å². The predicted molar refractivity (Wildman–Crippen MR) is 89.4 cm³/mol. The molecule has 0 saturated carbocycles. The topological polar surface area (TPSA) is 58.2 Å². The molecule has 1 heterocycles. The fourth-order valence-corrected chi connectivity index (χ4v) is 3.44. The van der Waals surface area contributed by atoms with E-state index >= 15 is 0 Å². The van der Waals surface area contributed by atoms with Crippen molar-refractivity contribution < 1.29 is 22.8 Å². The zero-order valence-electron chi connectivity index (χ0n) is 13.0. The quantitative estimate of drug-likeness (QED) is 0.785. The van der Waals surface area contributed by atoms with E-state index in [0.717, 1.165) is 23.9 Å². The van der Waals surface area contributed by atoms with E-state index in [-0.39, 0.29) is 5.69 Å². The Morgan fingerprint density at radius 1 is 1.16 bits per heavy atom. The Kier molecular flexibility index (Phi) is 4.24. The van der Waals surface area contributed by atoms with Crippen LogP contribution in [0.2, 0.25) is 0 Å². The molecule has 0 aliphatic carbocycles. The summed E-state index contributed by atoms with van der Waals surface area (Å²) in [7, 11) is 0. The number of nitrogens with one attached hydrogen (secondary N) is 2. The maximum absolute atomic E-state index is 12.8. The monoisotopic (exact) mass is 366 g/mol. The number of anilines is 2. The molecule has 0 spiro atoms. The number of thioether (sulfide) groups is 1. The minimum atomic E-state index is -4.51. The molecular weight excluding hydrogens is 353 g/mol. The van der Waals surface area contributed by atoms with Gasteiger partial charge >= 0.3 is 6.18 Å². The van der Waals surface area contributed by atoms with Gasteiger partial charge in [-0.15, -0.1) is 0 Å². The van der Waals surface area contributed by atoms with Crippen molar-refractivity contribution in [3.05, 3.63) is 54.1 Å². The van der Waals surface area contributed by atoms with Crippen LogP contribution in [0.5, 0.6) is 0 Å². The lowest BCUT2D eigenvalue weighted by Gasteiger charge is -2.31. The first-order chi connectivity index (χ1) is 11.7. The number of alkyl halides is 3. The van der Waals surface area contributed by atoms with Gasteiger partial charge in [-0.2, -0.15) is 13.2 Å². The Hall–Kier alpha value is -2.48. The third-order valence-corrected chi connectivity index (χ3v) is 5.12. The largest absolute Gasteiger partial charge is 0.416 e. The molecule has 8 heteroatoms. The van der Waals surface area contributed by atoms with Gasteiger partial charge in [-0.05, 0) is 37.3 Å². The Morgan fingerprint density at radius 3 is 2.60 bits per heavy atom. The molecule has 1 aliphatic rings. The van der Waals surface area contributed by atoms with E-state index in [9.17, 15) is 22.8 Å². The first-order valence-corrected chi connectivity index (χ1v) is 8.10. The maximum atomic E-state index is 12.8. The second-order valence-corrected chi connectivity index (χ2v) is 7.08. The molecule has 1 atom stereocenters. The SMILES string of the molecule is CC1(C(=O)Nc2cccc(C(F)(F)F)c2)Sc2ccccc2NC1=O. The number of benzene rings is 2. The number of halogens is 3. The van der Waals surface area contributed by atoms with Crippen molar-refractivity contribution in [1.82, 2.24) is 0 Å². The van der Waals surface area contributed by atoms with Gasteiger partial charge in [0, 0.05) is 10.6 Å². The average molecular weight is 366 g/mol. The van der Waals surface area contributed by atoms with Gasteiger partial charge < -0.3 is 10.6 Å². The molecule has 2 amide bonds. The summed E-state index contributed by atoms with van der Waals surface area (Å²) < 4.78 is 36.8. The molecule has 4 nitrogen and oxygen atoms in total. The minimum absolute atomic E-state index is 0.0201. The molecule has 0 bridgehead atoms. The van der Waals surface area contributed by atoms with Crippen molar-refractivity contribution in [3.63, 3.8) is 0 Å². The van der Waals surface area contributed by atoms with Crippen molar-refractivity contribution in [2.75, 3.05) is 10.6 Å². The van der Waals surface area contributed by atoms with Gasteiger partial charge in [-0.1, -0.05) is 30.0 Å². The fraction of sp³-hybridized carbons (Fsp3) is 0.176. The van der Waals surface area contributed by atoms with E-state index < -0.39 is 28.3 Å². The van der Waals surface area contributed by atoms with Crippen molar-refractivity contribution in [1.29, 1.82) is 0 Å². The predicted octanol–water partition coefficient (Wildman–Crippen LogP) is 4.15. The Bertz CT molecular complexity index is 854. The van der Waals surface area contributed by atoms with Crippen LogP contribution in [0, 0.1) is 0 Å². The lowest BCUT2D eigenvalue weighted by Crippen LogP contribution is -2.49. The number of carbonyl (C=O) groups is 2. The molecule has 0 aromatic heterocycles. The Labute approximate surface area is 145 Å². The highest BCUT2D eigenvalue weighted by atomic mass is 32.2. The number of fused-ring (bicyclic) bond motifs is 1. The van der Waals surface area contributed by atoms with E-state index in [1.54, 1.807) is 24.3 Å². The number of carbonyl (C=O) groups excluding carboxylic acids is 2. The molecule has 0 radical (unpaired) electrons. The highest BCUT2D eigenvalue weighted by Gasteiger charge is 2.46. The highest BCUT2D eigenvalue weighted by molar-refractivity contribution is 8.02. The van der Waals surface area contributed by atoms with Gasteiger partial charge in [0.05, 0.1) is 11.3 Å². The highest BCUT2D eigenvalue weighted by Crippen LogP contribution is 2.43. The first-order valence-electron chi connectivity index (χ1n) is 7.28. The van der Waals surface area contributed by atoms with Gasteiger partial charge in [-0.3, -0.25) is 9.59 Å². The molecular formula is C17H13F3N2O2S. The Balaban J connectivity index is 1.85. The zero-order chi connectivity index (χ0) is 18.2. The molecule has 130 valence electrons. The van der Waals surface area contributed by atoms with Crippen LogP contribution in [0.15, 0.2) is 53.4 Å². The number of rotatable bonds is 2. The summed E-state index contributed by atoms with van der Waals surface area (Å²) in [6, 6.07) is 11.3. The number of para-hydroxylation sites is 1. The van der Waals surface area contributed by atoms with Crippen LogP contribution in [-0.2, 0) is 15.8 Å². The normalized spacial score (nSPS) is 19.8. The van der Waals surface area contributed by atoms with Crippen LogP contribution in [0.1, 0.15) is 12.5 Å². The summed E-state index contributed by atoms with van der Waals surface area (Å²) in [4.78, 5) is 25.7. The second kappa shape index (κ2) is 6.11. The van der Waals surface area contributed by atoms with Crippen LogP contribution in [0.3, 0.4) is 0 Å². The number of hydrogen-bond donors (Lipinski definition) is 2. The molecule has 2 aromatic carbocycles. The van der Waals surface area contributed by atoms with Gasteiger partial charge in [-0.25, -0.2) is 0 Å². The summed E-state index contributed by atoms with van der Waals surface area (Å²) in [6.45, 7) is 1.44. The van der Waals surface area contributed by atoms with E-state index in [0.29, 0.717) is 10.6 Å². The minimum Gasteiger partial charge on any atom is -0.324 e. The van der Waals surface area contributed by atoms with E-state index in [1.165, 1.54) is 19.1 Å². The molecule has 25 heavy (non-hydrogen) atoms. The van der Waals surface area contributed by atoms with Crippen molar-refractivity contribution in [3.8, 4) is 0 Å². The van der Waals surface area contributed by atoms with Gasteiger partial charge in [0.1, 0.15) is 0 Å².